The smallest absolute Gasteiger partial charge is 0.416 e. The van der Waals surface area contributed by atoms with Gasteiger partial charge >= 0.3 is 6.18 Å². The number of nitrogens with zero attached hydrogens (tertiary/aromatic N) is 1. The van der Waals surface area contributed by atoms with Gasteiger partial charge in [-0.2, -0.15) is 13.2 Å². The Kier molecular flexibility index (Phi) is 5.13. The van der Waals surface area contributed by atoms with E-state index in [-0.39, 0.29) is 18.9 Å². The Morgan fingerprint density at radius 2 is 1.96 bits per heavy atom. The SMILES string of the molecule is Cc1oc(-c2cccs2)nc1CC(=O)NCc1ccc(C(F)(F)F)cc1. The van der Waals surface area contributed by atoms with E-state index in [2.05, 4.69) is 10.3 Å². The molecule has 1 N–H and O–H groups in total. The van der Waals surface area contributed by atoms with Crippen LogP contribution in [-0.2, 0) is 23.9 Å². The first kappa shape index (κ1) is 18.2. The van der Waals surface area contributed by atoms with Crippen molar-refractivity contribution in [2.45, 2.75) is 26.1 Å². The van der Waals surface area contributed by atoms with Gasteiger partial charge in [0.2, 0.25) is 11.8 Å². The van der Waals surface area contributed by atoms with Gasteiger partial charge in [0.05, 0.1) is 22.6 Å². The maximum absolute atomic E-state index is 12.5. The molecule has 8 heteroatoms. The largest absolute Gasteiger partial charge is 0.440 e. The number of amides is 1. The number of halogens is 3. The number of alkyl halides is 3. The summed E-state index contributed by atoms with van der Waals surface area (Å²) in [6.45, 7) is 1.88. The Bertz CT molecular complexity index is 884. The van der Waals surface area contributed by atoms with Crippen molar-refractivity contribution in [1.29, 1.82) is 0 Å². The molecule has 0 aliphatic carbocycles. The van der Waals surface area contributed by atoms with E-state index in [1.807, 2.05) is 17.5 Å². The highest BCUT2D eigenvalue weighted by atomic mass is 32.1. The van der Waals surface area contributed by atoms with Gasteiger partial charge in [0.15, 0.2) is 0 Å². The van der Waals surface area contributed by atoms with Crippen molar-refractivity contribution in [2.24, 2.45) is 0 Å². The monoisotopic (exact) mass is 380 g/mol. The summed E-state index contributed by atoms with van der Waals surface area (Å²) in [6, 6.07) is 8.45. The van der Waals surface area contributed by atoms with E-state index in [4.69, 9.17) is 4.42 Å². The van der Waals surface area contributed by atoms with Gasteiger partial charge in [-0.05, 0) is 36.1 Å². The molecule has 3 aromatic rings. The third kappa shape index (κ3) is 4.32. The number of hydrogen-bond acceptors (Lipinski definition) is 4. The lowest BCUT2D eigenvalue weighted by Crippen LogP contribution is -2.25. The first-order valence-electron chi connectivity index (χ1n) is 7.76. The molecule has 26 heavy (non-hydrogen) atoms. The number of oxazole rings is 1. The molecule has 3 rings (SSSR count). The summed E-state index contributed by atoms with van der Waals surface area (Å²) in [7, 11) is 0. The predicted molar refractivity (Wildman–Crippen MR) is 91.5 cm³/mol. The van der Waals surface area contributed by atoms with Crippen molar-refractivity contribution in [3.8, 4) is 10.8 Å². The molecule has 0 saturated carbocycles. The quantitative estimate of drug-likeness (QED) is 0.704. The fourth-order valence-corrected chi connectivity index (χ4v) is 2.97. The van der Waals surface area contributed by atoms with Crippen molar-refractivity contribution >= 4 is 17.2 Å². The number of carbonyl (C=O) groups is 1. The van der Waals surface area contributed by atoms with E-state index in [1.165, 1.54) is 23.5 Å². The highest BCUT2D eigenvalue weighted by Crippen LogP contribution is 2.29. The average Bonchev–Trinajstić information content (AvgIpc) is 3.23. The Labute approximate surface area is 151 Å². The van der Waals surface area contributed by atoms with Crippen LogP contribution in [-0.4, -0.2) is 10.9 Å². The minimum Gasteiger partial charge on any atom is -0.440 e. The van der Waals surface area contributed by atoms with Crippen LogP contribution < -0.4 is 5.32 Å². The lowest BCUT2D eigenvalue weighted by molar-refractivity contribution is -0.137. The number of nitrogens with one attached hydrogen (secondary N) is 1. The first-order chi connectivity index (χ1) is 12.3. The maximum Gasteiger partial charge on any atom is 0.416 e. The first-order valence-corrected chi connectivity index (χ1v) is 8.64. The fourth-order valence-electron chi connectivity index (χ4n) is 2.32. The minimum absolute atomic E-state index is 0.0430. The van der Waals surface area contributed by atoms with Gasteiger partial charge in [0, 0.05) is 6.54 Å². The van der Waals surface area contributed by atoms with Crippen molar-refractivity contribution in [3.63, 3.8) is 0 Å². The summed E-state index contributed by atoms with van der Waals surface area (Å²) in [5.74, 6) is 0.764. The van der Waals surface area contributed by atoms with Gasteiger partial charge in [-0.1, -0.05) is 18.2 Å². The molecule has 0 spiro atoms. The van der Waals surface area contributed by atoms with Crippen LogP contribution in [0.3, 0.4) is 0 Å². The van der Waals surface area contributed by atoms with Gasteiger partial charge in [-0.15, -0.1) is 11.3 Å². The Morgan fingerprint density at radius 1 is 1.23 bits per heavy atom. The molecule has 1 amide bonds. The van der Waals surface area contributed by atoms with E-state index in [9.17, 15) is 18.0 Å². The Balaban J connectivity index is 1.58. The van der Waals surface area contributed by atoms with Gasteiger partial charge in [-0.3, -0.25) is 4.79 Å². The van der Waals surface area contributed by atoms with E-state index >= 15 is 0 Å². The number of aromatic nitrogens is 1. The van der Waals surface area contributed by atoms with Crippen molar-refractivity contribution in [3.05, 3.63) is 64.4 Å². The van der Waals surface area contributed by atoms with Crippen LogP contribution in [0.1, 0.15) is 22.6 Å². The van der Waals surface area contributed by atoms with E-state index in [1.54, 1.807) is 6.92 Å². The molecule has 2 aromatic heterocycles. The summed E-state index contributed by atoms with van der Waals surface area (Å²) >= 11 is 1.49. The fraction of sp³-hybridized carbons (Fsp3) is 0.222. The number of thiophene rings is 1. The van der Waals surface area contributed by atoms with E-state index in [0.717, 1.165) is 17.0 Å². The highest BCUT2D eigenvalue weighted by Gasteiger charge is 2.29. The number of carbonyl (C=O) groups excluding carboxylic acids is 1. The highest BCUT2D eigenvalue weighted by molar-refractivity contribution is 7.13. The summed E-state index contributed by atoms with van der Waals surface area (Å²) in [5, 5.41) is 4.59. The third-order valence-electron chi connectivity index (χ3n) is 3.72. The van der Waals surface area contributed by atoms with Gasteiger partial charge in [0.1, 0.15) is 5.76 Å². The number of benzene rings is 1. The van der Waals surface area contributed by atoms with Crippen LogP contribution in [0.2, 0.25) is 0 Å². The zero-order valence-corrected chi connectivity index (χ0v) is 14.6. The summed E-state index contributed by atoms with van der Waals surface area (Å²) in [6.07, 6.45) is -4.33. The summed E-state index contributed by atoms with van der Waals surface area (Å²) < 4.78 is 43.2. The Hall–Kier alpha value is -2.61. The normalized spacial score (nSPS) is 11.5. The molecule has 136 valence electrons. The topological polar surface area (TPSA) is 55.1 Å². The maximum atomic E-state index is 12.5. The molecule has 4 nitrogen and oxygen atoms in total. The van der Waals surface area contributed by atoms with Crippen LogP contribution in [0.25, 0.3) is 10.8 Å². The molecule has 0 unspecified atom stereocenters. The lowest BCUT2D eigenvalue weighted by atomic mass is 10.1. The molecule has 0 atom stereocenters. The molecule has 0 fully saturated rings. The zero-order chi connectivity index (χ0) is 18.7. The minimum atomic E-state index is -4.37. The van der Waals surface area contributed by atoms with Crippen molar-refractivity contribution in [1.82, 2.24) is 10.3 Å². The van der Waals surface area contributed by atoms with E-state index < -0.39 is 11.7 Å². The summed E-state index contributed by atoms with van der Waals surface area (Å²) in [5.41, 5.74) is 0.410. The standard InChI is InChI=1S/C18H15F3N2O2S/c1-11-14(23-17(25-11)15-3-2-8-26-15)9-16(24)22-10-12-4-6-13(7-5-12)18(19,20)21/h2-8H,9-10H2,1H3,(H,22,24). The van der Waals surface area contributed by atoms with Crippen molar-refractivity contribution in [2.75, 3.05) is 0 Å². The number of hydrogen-bond donors (Lipinski definition) is 1. The zero-order valence-electron chi connectivity index (χ0n) is 13.8. The second-order valence-electron chi connectivity index (χ2n) is 5.65. The lowest BCUT2D eigenvalue weighted by Gasteiger charge is -2.08. The van der Waals surface area contributed by atoms with Gasteiger partial charge in [-0.25, -0.2) is 4.98 Å². The Morgan fingerprint density at radius 3 is 2.58 bits per heavy atom. The van der Waals surface area contributed by atoms with Gasteiger partial charge in [0.25, 0.3) is 0 Å². The van der Waals surface area contributed by atoms with Crippen LogP contribution >= 0.6 is 11.3 Å². The molecule has 0 aliphatic rings. The van der Waals surface area contributed by atoms with Crippen LogP contribution in [0.15, 0.2) is 46.2 Å². The van der Waals surface area contributed by atoms with E-state index in [0.29, 0.717) is 22.9 Å². The average molecular weight is 380 g/mol. The van der Waals surface area contributed by atoms with Gasteiger partial charge < -0.3 is 9.73 Å². The molecule has 0 aliphatic heterocycles. The molecule has 0 radical (unpaired) electrons. The van der Waals surface area contributed by atoms with Crippen LogP contribution in [0.5, 0.6) is 0 Å². The second kappa shape index (κ2) is 7.33. The molecule has 0 bridgehead atoms. The summed E-state index contributed by atoms with van der Waals surface area (Å²) in [4.78, 5) is 17.3. The predicted octanol–water partition coefficient (Wildman–Crippen LogP) is 4.59. The molecule has 0 saturated heterocycles. The third-order valence-corrected chi connectivity index (χ3v) is 4.58. The number of rotatable bonds is 5. The molecule has 1 aromatic carbocycles. The second-order valence-corrected chi connectivity index (χ2v) is 6.60. The molecular weight excluding hydrogens is 365 g/mol. The molecule has 2 heterocycles. The number of aryl methyl sites for hydroxylation is 1. The van der Waals surface area contributed by atoms with Crippen LogP contribution in [0, 0.1) is 6.92 Å². The van der Waals surface area contributed by atoms with Crippen molar-refractivity contribution < 1.29 is 22.4 Å². The molecular formula is C18H15F3N2O2S. The van der Waals surface area contributed by atoms with Crippen LogP contribution in [0.4, 0.5) is 13.2 Å².